The third-order valence-electron chi connectivity index (χ3n) is 12.0. The van der Waals surface area contributed by atoms with Crippen LogP contribution in [0.4, 0.5) is 17.1 Å². The van der Waals surface area contributed by atoms with E-state index in [1.165, 1.54) is 44.6 Å². The van der Waals surface area contributed by atoms with Crippen LogP contribution in [0, 0.1) is 0 Å². The van der Waals surface area contributed by atoms with Crippen molar-refractivity contribution in [2.24, 2.45) is 0 Å². The van der Waals surface area contributed by atoms with Gasteiger partial charge in [0.05, 0.1) is 0 Å². The van der Waals surface area contributed by atoms with Crippen LogP contribution in [0.25, 0.3) is 11.1 Å². The summed E-state index contributed by atoms with van der Waals surface area (Å²) in [5.74, 6) is 0. The molecule has 4 aromatic carbocycles. The van der Waals surface area contributed by atoms with Gasteiger partial charge in [-0.25, -0.2) is 0 Å². The first-order valence-corrected chi connectivity index (χ1v) is 18.8. The van der Waals surface area contributed by atoms with Crippen LogP contribution in [0.3, 0.4) is 0 Å². The summed E-state index contributed by atoms with van der Waals surface area (Å²) in [6, 6.07) is 34.9. The third kappa shape index (κ3) is 1.62. The molecule has 4 aromatic rings. The Balaban J connectivity index is 1.13. The van der Waals surface area contributed by atoms with E-state index in [4.69, 9.17) is 0 Å². The molecule has 0 saturated carbocycles. The molecule has 37 heavy (non-hydrogen) atoms. The molecular formula is C24H16B9N2P2-2. The predicted octanol–water partition coefficient (Wildman–Crippen LogP) is 1.32. The molecule has 7 saturated heterocycles. The van der Waals surface area contributed by atoms with Crippen molar-refractivity contribution in [3.05, 3.63) is 91.0 Å². The number of rotatable bonds is 4. The van der Waals surface area contributed by atoms with Crippen molar-refractivity contribution in [1.29, 1.82) is 0 Å². The van der Waals surface area contributed by atoms with Gasteiger partial charge in [0.25, 0.3) is 0 Å². The van der Waals surface area contributed by atoms with Crippen molar-refractivity contribution >= 4 is 110 Å². The standard InChI is InChI=1S/C24H16B9N2P2/c1-2-10-18-16(8-1)17-9-7-14-22-24(17)28(18)19-11-3-4-12-20(19)35(22)21-13-5-6-15-23(21)36(29-25-30(36)33(29)36)34-37-26-31(37)32(37)27-37/h1-15,34H/q-2. The van der Waals surface area contributed by atoms with Crippen LogP contribution in [0.2, 0.25) is 0 Å². The summed E-state index contributed by atoms with van der Waals surface area (Å²) in [4.78, 5) is 7.33. The van der Waals surface area contributed by atoms with Gasteiger partial charge in [-0.15, -0.1) is 0 Å². The second kappa shape index (κ2) is 5.15. The average Bonchev–Trinajstić information content (AvgIpc) is 3.87. The fourth-order valence-corrected chi connectivity index (χ4v) is 29.3. The molecule has 0 aromatic heterocycles. The number of nitrogens with zero attached hydrogens (tertiary/aromatic N) is 1. The van der Waals surface area contributed by atoms with E-state index in [1.54, 1.807) is 5.30 Å². The summed E-state index contributed by atoms with van der Waals surface area (Å²) in [6.07, 6.45) is 0.973. The quantitative estimate of drug-likeness (QED) is 0.296. The molecular weight excluding hydrogens is 476 g/mol. The van der Waals surface area contributed by atoms with Crippen molar-refractivity contribution in [2.45, 2.75) is 0 Å². The zero-order valence-corrected chi connectivity index (χ0v) is 22.0. The number of hydrogen-bond acceptors (Lipinski definition) is 2. The van der Waals surface area contributed by atoms with Gasteiger partial charge in [0, 0.05) is 0 Å². The average molecular weight is 492 g/mol. The predicted molar refractivity (Wildman–Crippen MR) is 174 cm³/mol. The summed E-state index contributed by atoms with van der Waals surface area (Å²) in [6.45, 7) is 5.81. The van der Waals surface area contributed by atoms with Crippen LogP contribution in [0.1, 0.15) is 0 Å². The van der Waals surface area contributed by atoms with Gasteiger partial charge in [-0.1, -0.05) is 0 Å². The first kappa shape index (κ1) is 19.2. The van der Waals surface area contributed by atoms with Crippen LogP contribution in [-0.4, -0.2) is 58.6 Å². The first-order valence-electron chi connectivity index (χ1n) is 13.8. The number of benzene rings is 4. The molecule has 0 unspecified atom stereocenters. The molecule has 0 amide bonds. The second-order valence-electron chi connectivity index (χ2n) is 12.9. The van der Waals surface area contributed by atoms with E-state index in [1.807, 2.05) is 0 Å². The van der Waals surface area contributed by atoms with Crippen LogP contribution in [0.15, 0.2) is 91.0 Å². The molecule has 7 fully saturated rings. The van der Waals surface area contributed by atoms with E-state index in [0.717, 1.165) is 31.1 Å². The first-order chi connectivity index (χ1) is 18.2. The minimum absolute atomic E-state index is 0.319. The van der Waals surface area contributed by atoms with E-state index in [-0.39, 0.29) is 0 Å². The number of nitrogens with one attached hydrogen (secondary N) is 1. The molecule has 9 heterocycles. The Labute approximate surface area is 221 Å². The fourth-order valence-electron chi connectivity index (χ4n) is 9.89. The van der Waals surface area contributed by atoms with Crippen molar-refractivity contribution < 1.29 is 0 Å². The van der Waals surface area contributed by atoms with Crippen molar-refractivity contribution in [2.75, 3.05) is 4.90 Å². The molecule has 0 atom stereocenters. The Bertz CT molecular complexity index is 1850. The van der Waals surface area contributed by atoms with Gasteiger partial charge < -0.3 is 0 Å². The Morgan fingerprint density at radius 3 is 2.11 bits per heavy atom. The second-order valence-corrected chi connectivity index (χ2v) is 23.3. The van der Waals surface area contributed by atoms with E-state index in [0.29, 0.717) is 6.71 Å². The van der Waals surface area contributed by atoms with Crippen molar-refractivity contribution in [1.82, 2.24) is 4.86 Å². The van der Waals surface area contributed by atoms with Crippen LogP contribution in [-0.2, 0) is 0 Å². The Morgan fingerprint density at radius 2 is 1.38 bits per heavy atom. The third-order valence-corrected chi connectivity index (χ3v) is 26.4. The molecule has 0 aliphatic carbocycles. The van der Waals surface area contributed by atoms with E-state index in [2.05, 4.69) is 122 Å². The maximum atomic E-state index is 4.67. The molecule has 9 aliphatic rings. The molecule has 2 nitrogen and oxygen atoms in total. The Morgan fingerprint density at radius 1 is 0.703 bits per heavy atom. The van der Waals surface area contributed by atoms with Crippen molar-refractivity contribution in [3.8, 4) is 11.1 Å². The summed E-state index contributed by atoms with van der Waals surface area (Å²) in [7, 11) is 2.70. The van der Waals surface area contributed by atoms with Gasteiger partial charge in [0.2, 0.25) is 0 Å². The number of hydrogen-bond donors (Lipinski definition) is 1. The van der Waals surface area contributed by atoms with Crippen LogP contribution >= 0.6 is 12.7 Å². The molecule has 161 valence electrons. The topological polar surface area (TPSA) is 15.3 Å². The summed E-state index contributed by atoms with van der Waals surface area (Å²) >= 11 is 0. The molecule has 9 aliphatic heterocycles. The van der Waals surface area contributed by atoms with Gasteiger partial charge in [-0.2, -0.15) is 0 Å². The summed E-state index contributed by atoms with van der Waals surface area (Å²) < 4.78 is 0. The van der Waals surface area contributed by atoms with E-state index < -0.39 is 12.7 Å². The Hall–Kier alpha value is -1.92. The molecule has 13 heteroatoms. The number of fused-ring (bicyclic) bond motifs is 6. The van der Waals surface area contributed by atoms with Gasteiger partial charge >= 0.3 is 222 Å². The van der Waals surface area contributed by atoms with Crippen LogP contribution in [0.5, 0.6) is 0 Å². The Kier molecular flexibility index (Phi) is 2.67. The molecule has 1 N–H and O–H groups in total. The fraction of sp³-hybridized carbons (Fsp3) is 0. The zero-order chi connectivity index (χ0) is 23.6. The minimum atomic E-state index is -2.04. The van der Waals surface area contributed by atoms with Crippen LogP contribution < -0.4 is 31.5 Å². The monoisotopic (exact) mass is 493 g/mol. The van der Waals surface area contributed by atoms with E-state index in [9.17, 15) is 0 Å². The summed E-state index contributed by atoms with van der Waals surface area (Å²) in [5.41, 5.74) is 11.4. The molecule has 2 bridgehead atoms. The van der Waals surface area contributed by atoms with Crippen molar-refractivity contribution in [3.63, 3.8) is 0 Å². The summed E-state index contributed by atoms with van der Waals surface area (Å²) in [5, 5.41) is 1.69. The normalized spacial score (nSPS) is 27.3. The maximum absolute atomic E-state index is 4.67. The molecule has 5 radical (unpaired) electrons. The van der Waals surface area contributed by atoms with Gasteiger partial charge in [-0.05, 0) is 0 Å². The zero-order valence-electron chi connectivity index (χ0n) is 20.2. The van der Waals surface area contributed by atoms with Gasteiger partial charge in [0.1, 0.15) is 0 Å². The number of para-hydroxylation sites is 2. The van der Waals surface area contributed by atoms with Gasteiger partial charge in [0.15, 0.2) is 0 Å². The number of anilines is 3. The van der Waals surface area contributed by atoms with Gasteiger partial charge in [-0.3, -0.25) is 0 Å². The molecule has 1 spiro atoms. The van der Waals surface area contributed by atoms with E-state index >= 15 is 0 Å². The SMILES string of the molecule is [B]1B2B3[B-]P123NP12(c3ccccc3N3c4ccccc4B4c5ccccc5-c5cccc3c54)B3[B-]B1B32. The molecule has 13 rings (SSSR count).